The molecule has 1 aliphatic heterocycles. The van der Waals surface area contributed by atoms with E-state index in [1.807, 2.05) is 0 Å². The highest BCUT2D eigenvalue weighted by Gasteiger charge is 2.16. The average Bonchev–Trinajstić information content (AvgIpc) is 2.26. The van der Waals surface area contributed by atoms with Crippen LogP contribution in [0, 0.1) is 5.92 Å². The lowest BCUT2D eigenvalue weighted by atomic mass is 9.96. The van der Waals surface area contributed by atoms with E-state index in [0.29, 0.717) is 12.5 Å². The van der Waals surface area contributed by atoms with Crippen LogP contribution in [0.1, 0.15) is 19.3 Å². The zero-order chi connectivity index (χ0) is 12.7. The minimum atomic E-state index is -0.423. The maximum absolute atomic E-state index is 10.9. The van der Waals surface area contributed by atoms with Crippen molar-refractivity contribution in [3.63, 3.8) is 0 Å². The number of rotatable bonds is 7. The van der Waals surface area contributed by atoms with Crippen LogP contribution in [-0.4, -0.2) is 49.4 Å². The van der Waals surface area contributed by atoms with Gasteiger partial charge in [-0.1, -0.05) is 0 Å². The Kier molecular flexibility index (Phi) is 5.93. The van der Waals surface area contributed by atoms with E-state index in [1.54, 1.807) is 4.90 Å². The number of carbonyl (C=O) groups is 2. The summed E-state index contributed by atoms with van der Waals surface area (Å²) in [6, 6.07) is 0. The number of piperidine rings is 1. The first-order chi connectivity index (χ1) is 8.08. The van der Waals surface area contributed by atoms with Crippen molar-refractivity contribution in [2.45, 2.75) is 19.3 Å². The molecule has 17 heavy (non-hydrogen) atoms. The number of amides is 2. The van der Waals surface area contributed by atoms with E-state index >= 15 is 0 Å². The maximum atomic E-state index is 10.9. The van der Waals surface area contributed by atoms with Crippen molar-refractivity contribution in [3.8, 4) is 0 Å². The van der Waals surface area contributed by atoms with E-state index in [4.69, 9.17) is 11.5 Å². The predicted octanol–water partition coefficient (Wildman–Crippen LogP) is -1.35. The lowest BCUT2D eigenvalue weighted by Gasteiger charge is -2.26. The van der Waals surface area contributed by atoms with Crippen molar-refractivity contribution in [2.24, 2.45) is 17.4 Å². The van der Waals surface area contributed by atoms with Gasteiger partial charge in [-0.05, 0) is 44.8 Å². The Morgan fingerprint density at radius 2 is 1.88 bits per heavy atom. The number of primary amides is 2. The van der Waals surface area contributed by atoms with E-state index in [-0.39, 0.29) is 13.1 Å². The summed E-state index contributed by atoms with van der Waals surface area (Å²) in [6.45, 7) is 2.99. The fraction of sp³-hybridized carbons (Fsp3) is 0.818. The normalized spacial score (nSPS) is 20.4. The molecule has 0 radical (unpaired) electrons. The average molecular weight is 242 g/mol. The second kappa shape index (κ2) is 7.24. The fourth-order valence-electron chi connectivity index (χ4n) is 2.19. The van der Waals surface area contributed by atoms with Gasteiger partial charge in [-0.25, -0.2) is 0 Å². The molecule has 1 unspecified atom stereocenters. The summed E-state index contributed by atoms with van der Waals surface area (Å²) >= 11 is 0. The predicted molar refractivity (Wildman–Crippen MR) is 65.0 cm³/mol. The highest BCUT2D eigenvalue weighted by Crippen LogP contribution is 2.14. The number of hydrogen-bond donors (Lipinski definition) is 3. The molecule has 0 spiro atoms. The first-order valence-electron chi connectivity index (χ1n) is 6.07. The second-order valence-corrected chi connectivity index (χ2v) is 4.64. The maximum Gasteiger partial charge on any atom is 0.231 e. The lowest BCUT2D eigenvalue weighted by Crippen LogP contribution is -2.41. The van der Waals surface area contributed by atoms with Crippen molar-refractivity contribution in [1.29, 1.82) is 0 Å². The largest absolute Gasteiger partial charge is 0.369 e. The van der Waals surface area contributed by atoms with Gasteiger partial charge in [-0.15, -0.1) is 0 Å². The highest BCUT2D eigenvalue weighted by molar-refractivity contribution is 5.79. The van der Waals surface area contributed by atoms with Crippen molar-refractivity contribution in [1.82, 2.24) is 10.2 Å². The Morgan fingerprint density at radius 3 is 2.35 bits per heavy atom. The molecule has 0 aromatic carbocycles. The standard InChI is InChI=1S/C11H22N4O2/c12-10(16)7-15(8-11(13)17)5-3-9-2-1-4-14-6-9/h9,14H,1-8H2,(H2,12,16)(H2,13,17). The first-order valence-corrected chi connectivity index (χ1v) is 6.07. The molecule has 0 aliphatic carbocycles. The Balaban J connectivity index is 2.31. The fourth-order valence-corrected chi connectivity index (χ4v) is 2.19. The number of nitrogens with two attached hydrogens (primary N) is 2. The topological polar surface area (TPSA) is 101 Å². The summed E-state index contributed by atoms with van der Waals surface area (Å²) in [5, 5.41) is 3.34. The van der Waals surface area contributed by atoms with Crippen molar-refractivity contribution < 1.29 is 9.59 Å². The van der Waals surface area contributed by atoms with E-state index in [1.165, 1.54) is 12.8 Å². The van der Waals surface area contributed by atoms with Crippen molar-refractivity contribution >= 4 is 11.8 Å². The molecule has 1 atom stereocenters. The molecule has 2 amide bonds. The lowest BCUT2D eigenvalue weighted by molar-refractivity contribution is -0.122. The Hall–Kier alpha value is -1.14. The highest BCUT2D eigenvalue weighted by atomic mass is 16.2. The summed E-state index contributed by atoms with van der Waals surface area (Å²) in [5.74, 6) is -0.229. The number of hydrogen-bond acceptors (Lipinski definition) is 4. The molecule has 1 rings (SSSR count). The van der Waals surface area contributed by atoms with E-state index in [0.717, 1.165) is 19.5 Å². The third kappa shape index (κ3) is 6.23. The molecule has 1 heterocycles. The summed E-state index contributed by atoms with van der Waals surface area (Å²) < 4.78 is 0. The van der Waals surface area contributed by atoms with Gasteiger partial charge in [-0.3, -0.25) is 14.5 Å². The molecule has 1 saturated heterocycles. The molecule has 6 nitrogen and oxygen atoms in total. The summed E-state index contributed by atoms with van der Waals surface area (Å²) in [7, 11) is 0. The quantitative estimate of drug-likeness (QED) is 0.513. The number of nitrogens with zero attached hydrogens (tertiary/aromatic N) is 1. The zero-order valence-electron chi connectivity index (χ0n) is 10.2. The van der Waals surface area contributed by atoms with Crippen LogP contribution in [-0.2, 0) is 9.59 Å². The minimum absolute atomic E-state index is 0.100. The third-order valence-corrected chi connectivity index (χ3v) is 3.01. The molecule has 0 aromatic rings. The molecule has 1 fully saturated rings. The van der Waals surface area contributed by atoms with Gasteiger partial charge in [0.15, 0.2) is 0 Å². The first kappa shape index (κ1) is 13.9. The van der Waals surface area contributed by atoms with Gasteiger partial charge in [0.2, 0.25) is 11.8 Å². The number of carbonyl (C=O) groups excluding carboxylic acids is 2. The third-order valence-electron chi connectivity index (χ3n) is 3.01. The van der Waals surface area contributed by atoms with Gasteiger partial charge >= 0.3 is 0 Å². The second-order valence-electron chi connectivity index (χ2n) is 4.64. The van der Waals surface area contributed by atoms with Gasteiger partial charge in [0.1, 0.15) is 0 Å². The van der Waals surface area contributed by atoms with Crippen LogP contribution in [0.25, 0.3) is 0 Å². The minimum Gasteiger partial charge on any atom is -0.369 e. The Bertz CT molecular complexity index is 248. The van der Waals surface area contributed by atoms with Crippen molar-refractivity contribution in [3.05, 3.63) is 0 Å². The van der Waals surface area contributed by atoms with Crippen LogP contribution in [0.3, 0.4) is 0 Å². The SMILES string of the molecule is NC(=O)CN(CCC1CCCNC1)CC(N)=O. The van der Waals surface area contributed by atoms with Crippen LogP contribution in [0.2, 0.25) is 0 Å². The van der Waals surface area contributed by atoms with Gasteiger partial charge in [0.25, 0.3) is 0 Å². The molecule has 0 aromatic heterocycles. The molecule has 0 bridgehead atoms. The van der Waals surface area contributed by atoms with E-state index in [9.17, 15) is 9.59 Å². The van der Waals surface area contributed by atoms with Crippen LogP contribution >= 0.6 is 0 Å². The van der Waals surface area contributed by atoms with Gasteiger partial charge in [0, 0.05) is 0 Å². The van der Waals surface area contributed by atoms with E-state index in [2.05, 4.69) is 5.32 Å². The van der Waals surface area contributed by atoms with Gasteiger partial charge in [-0.2, -0.15) is 0 Å². The monoisotopic (exact) mass is 242 g/mol. The molecule has 6 heteroatoms. The van der Waals surface area contributed by atoms with Gasteiger partial charge in [0.05, 0.1) is 13.1 Å². The molecule has 1 aliphatic rings. The summed E-state index contributed by atoms with van der Waals surface area (Å²) in [5.41, 5.74) is 10.3. The van der Waals surface area contributed by atoms with E-state index < -0.39 is 11.8 Å². The molecule has 5 N–H and O–H groups in total. The molecular weight excluding hydrogens is 220 g/mol. The Morgan fingerprint density at radius 1 is 1.24 bits per heavy atom. The summed E-state index contributed by atoms with van der Waals surface area (Å²) in [6.07, 6.45) is 3.36. The molecular formula is C11H22N4O2. The number of nitrogens with one attached hydrogen (secondary N) is 1. The Labute approximate surface area is 102 Å². The molecule has 0 saturated carbocycles. The smallest absolute Gasteiger partial charge is 0.231 e. The van der Waals surface area contributed by atoms with Crippen LogP contribution in [0.4, 0.5) is 0 Å². The van der Waals surface area contributed by atoms with Crippen LogP contribution in [0.5, 0.6) is 0 Å². The van der Waals surface area contributed by atoms with Crippen molar-refractivity contribution in [2.75, 3.05) is 32.7 Å². The zero-order valence-corrected chi connectivity index (χ0v) is 10.2. The summed E-state index contributed by atoms with van der Waals surface area (Å²) in [4.78, 5) is 23.4. The molecule has 98 valence electrons. The van der Waals surface area contributed by atoms with Crippen LogP contribution < -0.4 is 16.8 Å². The van der Waals surface area contributed by atoms with Gasteiger partial charge < -0.3 is 16.8 Å². The van der Waals surface area contributed by atoms with Crippen LogP contribution in [0.15, 0.2) is 0 Å².